The highest BCUT2D eigenvalue weighted by molar-refractivity contribution is 7.89. The maximum atomic E-state index is 12.5. The van der Waals surface area contributed by atoms with E-state index in [4.69, 9.17) is 9.47 Å². The Bertz CT molecular complexity index is 414. The Morgan fingerprint density at radius 3 is 2.20 bits per heavy atom. The molecule has 3 rings (SSSR count). The van der Waals surface area contributed by atoms with Crippen LogP contribution in [0.4, 0.5) is 0 Å². The number of nitrogens with zero attached hydrogens (tertiary/aromatic N) is 1. The third kappa shape index (κ3) is 3.18. The fraction of sp³-hybridized carbons (Fsp3) is 1.00. The van der Waals surface area contributed by atoms with E-state index in [1.54, 1.807) is 4.31 Å². The minimum Gasteiger partial charge on any atom is -0.347 e. The highest BCUT2D eigenvalue weighted by Gasteiger charge is 2.42. The van der Waals surface area contributed by atoms with Crippen molar-refractivity contribution in [3.05, 3.63) is 0 Å². The summed E-state index contributed by atoms with van der Waals surface area (Å²) in [5, 5.41) is 0. The molecule has 1 saturated carbocycles. The van der Waals surface area contributed by atoms with Gasteiger partial charge < -0.3 is 9.47 Å². The second-order valence-electron chi connectivity index (χ2n) is 6.29. The molecule has 3 aliphatic rings. The summed E-state index contributed by atoms with van der Waals surface area (Å²) in [5.41, 5.74) is 0. The molecular weight excluding hydrogens is 278 g/mol. The van der Waals surface area contributed by atoms with Crippen LogP contribution >= 0.6 is 0 Å². The molecule has 1 aliphatic carbocycles. The van der Waals surface area contributed by atoms with Crippen molar-refractivity contribution in [1.82, 2.24) is 4.31 Å². The van der Waals surface area contributed by atoms with Crippen molar-refractivity contribution in [3.63, 3.8) is 0 Å². The number of hydrogen-bond acceptors (Lipinski definition) is 4. The van der Waals surface area contributed by atoms with Crippen molar-refractivity contribution < 1.29 is 17.9 Å². The molecule has 0 amide bonds. The molecule has 0 aromatic heterocycles. The molecule has 116 valence electrons. The molecule has 20 heavy (non-hydrogen) atoms. The SMILES string of the molecule is O=S(=O)(CC1CCCCC1)N1CCC2(CC1)OCCO2. The number of ether oxygens (including phenoxy) is 2. The van der Waals surface area contributed by atoms with Gasteiger partial charge in [-0.3, -0.25) is 0 Å². The Morgan fingerprint density at radius 2 is 1.60 bits per heavy atom. The molecule has 3 fully saturated rings. The molecule has 0 bridgehead atoms. The van der Waals surface area contributed by atoms with Crippen molar-refractivity contribution in [3.8, 4) is 0 Å². The lowest BCUT2D eigenvalue weighted by Crippen LogP contribution is -2.48. The molecule has 0 N–H and O–H groups in total. The normalized spacial score (nSPS) is 29.0. The van der Waals surface area contributed by atoms with Gasteiger partial charge in [0.25, 0.3) is 0 Å². The molecule has 2 aliphatic heterocycles. The van der Waals surface area contributed by atoms with E-state index in [1.807, 2.05) is 0 Å². The van der Waals surface area contributed by atoms with Crippen LogP contribution in [0.1, 0.15) is 44.9 Å². The van der Waals surface area contributed by atoms with E-state index in [1.165, 1.54) is 19.3 Å². The first-order valence-corrected chi connectivity index (χ1v) is 9.46. The highest BCUT2D eigenvalue weighted by Crippen LogP contribution is 2.33. The second kappa shape index (κ2) is 5.91. The molecule has 0 radical (unpaired) electrons. The Balaban J connectivity index is 1.55. The molecule has 1 spiro atoms. The summed E-state index contributed by atoms with van der Waals surface area (Å²) in [6, 6.07) is 0. The third-order valence-electron chi connectivity index (χ3n) is 4.86. The summed E-state index contributed by atoms with van der Waals surface area (Å²) in [6.45, 7) is 2.34. The van der Waals surface area contributed by atoms with Crippen LogP contribution in [0, 0.1) is 5.92 Å². The van der Waals surface area contributed by atoms with E-state index in [-0.39, 0.29) is 0 Å². The largest absolute Gasteiger partial charge is 0.347 e. The average molecular weight is 303 g/mol. The van der Waals surface area contributed by atoms with Gasteiger partial charge >= 0.3 is 0 Å². The summed E-state index contributed by atoms with van der Waals surface area (Å²) in [5.74, 6) is 0.210. The zero-order chi connectivity index (χ0) is 14.1. The van der Waals surface area contributed by atoms with E-state index in [9.17, 15) is 8.42 Å². The maximum absolute atomic E-state index is 12.5. The van der Waals surface area contributed by atoms with Crippen molar-refractivity contribution in [2.75, 3.05) is 32.1 Å². The minimum atomic E-state index is -3.11. The van der Waals surface area contributed by atoms with Crippen molar-refractivity contribution >= 4 is 10.0 Å². The Hall–Kier alpha value is -0.170. The van der Waals surface area contributed by atoms with Crippen LogP contribution in [-0.4, -0.2) is 50.6 Å². The first kappa shape index (κ1) is 14.8. The van der Waals surface area contributed by atoms with Gasteiger partial charge in [-0.25, -0.2) is 12.7 Å². The minimum absolute atomic E-state index is 0.335. The summed E-state index contributed by atoms with van der Waals surface area (Å²) < 4.78 is 38.0. The van der Waals surface area contributed by atoms with Crippen molar-refractivity contribution in [2.24, 2.45) is 5.92 Å². The fourth-order valence-electron chi connectivity index (χ4n) is 3.65. The molecule has 5 nitrogen and oxygen atoms in total. The quantitative estimate of drug-likeness (QED) is 0.797. The van der Waals surface area contributed by atoms with Gasteiger partial charge in [0.1, 0.15) is 0 Å². The molecule has 0 aromatic rings. The van der Waals surface area contributed by atoms with E-state index >= 15 is 0 Å². The molecule has 0 atom stereocenters. The molecule has 2 saturated heterocycles. The van der Waals surface area contributed by atoms with Crippen LogP contribution in [0.3, 0.4) is 0 Å². The summed E-state index contributed by atoms with van der Waals surface area (Å²) in [6.07, 6.45) is 7.10. The lowest BCUT2D eigenvalue weighted by molar-refractivity contribution is -0.179. The van der Waals surface area contributed by atoms with Gasteiger partial charge in [-0.2, -0.15) is 0 Å². The Labute approximate surface area is 121 Å². The summed E-state index contributed by atoms with van der Waals surface area (Å²) in [7, 11) is -3.11. The van der Waals surface area contributed by atoms with Crippen LogP contribution in [-0.2, 0) is 19.5 Å². The predicted octanol–water partition coefficient (Wildman–Crippen LogP) is 1.74. The molecule has 0 unspecified atom stereocenters. The topological polar surface area (TPSA) is 55.8 Å². The molecule has 2 heterocycles. The van der Waals surface area contributed by atoms with E-state index in [0.717, 1.165) is 12.8 Å². The van der Waals surface area contributed by atoms with E-state index in [0.29, 0.717) is 50.8 Å². The second-order valence-corrected chi connectivity index (χ2v) is 8.30. The molecule has 0 aromatic carbocycles. The lowest BCUT2D eigenvalue weighted by atomic mass is 9.91. The first-order chi connectivity index (χ1) is 9.60. The van der Waals surface area contributed by atoms with Crippen molar-refractivity contribution in [2.45, 2.75) is 50.7 Å². The van der Waals surface area contributed by atoms with Gasteiger partial charge in [-0.1, -0.05) is 19.3 Å². The Morgan fingerprint density at radius 1 is 1.00 bits per heavy atom. The van der Waals surface area contributed by atoms with Crippen LogP contribution in [0.2, 0.25) is 0 Å². The molecular formula is C14H25NO4S. The lowest BCUT2D eigenvalue weighted by Gasteiger charge is -2.37. The number of piperidine rings is 1. The zero-order valence-corrected chi connectivity index (χ0v) is 12.9. The predicted molar refractivity (Wildman–Crippen MR) is 75.8 cm³/mol. The van der Waals surface area contributed by atoms with Gasteiger partial charge in [-0.05, 0) is 18.8 Å². The first-order valence-electron chi connectivity index (χ1n) is 7.85. The van der Waals surface area contributed by atoms with Crippen molar-refractivity contribution in [1.29, 1.82) is 0 Å². The third-order valence-corrected chi connectivity index (χ3v) is 6.91. The standard InChI is InChI=1S/C14H25NO4S/c16-20(17,12-13-4-2-1-3-5-13)15-8-6-14(7-9-15)18-10-11-19-14/h13H,1-12H2. The zero-order valence-electron chi connectivity index (χ0n) is 12.1. The van der Waals surface area contributed by atoms with Gasteiger partial charge in [-0.15, -0.1) is 0 Å². The number of sulfonamides is 1. The van der Waals surface area contributed by atoms with E-state index < -0.39 is 15.8 Å². The van der Waals surface area contributed by atoms with Crippen LogP contribution in [0.25, 0.3) is 0 Å². The van der Waals surface area contributed by atoms with Crippen LogP contribution < -0.4 is 0 Å². The number of rotatable bonds is 3. The fourth-order valence-corrected chi connectivity index (χ4v) is 5.53. The van der Waals surface area contributed by atoms with Gasteiger partial charge in [0.15, 0.2) is 5.79 Å². The smallest absolute Gasteiger partial charge is 0.214 e. The van der Waals surface area contributed by atoms with Gasteiger partial charge in [0.05, 0.1) is 19.0 Å². The number of hydrogen-bond donors (Lipinski definition) is 0. The van der Waals surface area contributed by atoms with Crippen LogP contribution in [0.5, 0.6) is 0 Å². The monoisotopic (exact) mass is 303 g/mol. The summed E-state index contributed by atoms with van der Waals surface area (Å²) >= 11 is 0. The highest BCUT2D eigenvalue weighted by atomic mass is 32.2. The summed E-state index contributed by atoms with van der Waals surface area (Å²) in [4.78, 5) is 0. The maximum Gasteiger partial charge on any atom is 0.214 e. The van der Waals surface area contributed by atoms with E-state index in [2.05, 4.69) is 0 Å². The van der Waals surface area contributed by atoms with Gasteiger partial charge in [0, 0.05) is 25.9 Å². The Kier molecular flexibility index (Phi) is 4.36. The van der Waals surface area contributed by atoms with Crippen LogP contribution in [0.15, 0.2) is 0 Å². The van der Waals surface area contributed by atoms with Gasteiger partial charge in [0.2, 0.25) is 10.0 Å². The average Bonchev–Trinajstić information content (AvgIpc) is 2.88. The molecule has 6 heteroatoms.